The first-order chi connectivity index (χ1) is 7.49. The van der Waals surface area contributed by atoms with Crippen LogP contribution < -0.4 is 0 Å². The van der Waals surface area contributed by atoms with Crippen molar-refractivity contribution in [3.63, 3.8) is 0 Å². The van der Waals surface area contributed by atoms with Gasteiger partial charge in [0.25, 0.3) is 0 Å². The number of nitroso groups, excluding NO2 is 1. The maximum absolute atomic E-state index is 10.6. The van der Waals surface area contributed by atoms with Crippen LogP contribution in [0, 0.1) is 27.6 Å². The van der Waals surface area contributed by atoms with Crippen LogP contribution in [0.3, 0.4) is 0 Å². The summed E-state index contributed by atoms with van der Waals surface area (Å²) >= 11 is 1.24. The van der Waals surface area contributed by atoms with Gasteiger partial charge in [-0.25, -0.2) is 0 Å². The minimum absolute atomic E-state index is 0.272. The molecule has 89 valence electrons. The van der Waals surface area contributed by atoms with Crippen LogP contribution in [0.15, 0.2) is 17.2 Å². The van der Waals surface area contributed by atoms with Crippen LogP contribution in [0.25, 0.3) is 0 Å². The molecule has 0 spiro atoms. The minimum atomic E-state index is 0.272. The van der Waals surface area contributed by atoms with Gasteiger partial charge in [0.05, 0.1) is 0 Å². The van der Waals surface area contributed by atoms with E-state index in [1.54, 1.807) is 0 Å². The summed E-state index contributed by atoms with van der Waals surface area (Å²) in [4.78, 5) is 10.6. The molecule has 2 bridgehead atoms. The Hall–Kier alpha value is -0.310. The zero-order chi connectivity index (χ0) is 12.0. The molecule has 0 saturated heterocycles. The first-order valence-electron chi connectivity index (χ1n) is 5.94. The molecule has 0 N–H and O–H groups in total. The van der Waals surface area contributed by atoms with E-state index in [0.29, 0.717) is 16.6 Å². The highest BCUT2D eigenvalue weighted by Crippen LogP contribution is 2.72. The SMILES string of the molecule is C=CC[C]1C(SN=O)C2CCC1(C)C2(C)C. The molecule has 2 aliphatic rings. The van der Waals surface area contributed by atoms with E-state index >= 15 is 0 Å². The number of allylic oxidation sites excluding steroid dienone is 1. The van der Waals surface area contributed by atoms with Crippen molar-refractivity contribution >= 4 is 11.9 Å². The molecule has 3 unspecified atom stereocenters. The maximum atomic E-state index is 10.6. The fourth-order valence-electron chi connectivity index (χ4n) is 3.88. The van der Waals surface area contributed by atoms with Gasteiger partial charge < -0.3 is 0 Å². The van der Waals surface area contributed by atoms with Crippen LogP contribution >= 0.6 is 11.9 Å². The second-order valence-corrected chi connectivity index (χ2v) is 6.69. The van der Waals surface area contributed by atoms with E-state index < -0.39 is 0 Å². The second-order valence-electron chi connectivity index (χ2n) is 5.82. The van der Waals surface area contributed by atoms with E-state index in [2.05, 4.69) is 31.9 Å². The van der Waals surface area contributed by atoms with Gasteiger partial charge in [-0.05, 0) is 36.0 Å². The van der Waals surface area contributed by atoms with Crippen molar-refractivity contribution < 1.29 is 0 Å². The molecule has 0 aromatic heterocycles. The quantitative estimate of drug-likeness (QED) is 0.413. The Bertz CT molecular complexity index is 315. The predicted octanol–water partition coefficient (Wildman–Crippen LogP) is 4.38. The summed E-state index contributed by atoms with van der Waals surface area (Å²) in [5, 5.41) is 0.323. The minimum Gasteiger partial charge on any atom is -0.137 e. The Balaban J connectivity index is 2.35. The lowest BCUT2D eigenvalue weighted by molar-refractivity contribution is 0.163. The summed E-state index contributed by atoms with van der Waals surface area (Å²) in [5.41, 5.74) is 0.571. The summed E-state index contributed by atoms with van der Waals surface area (Å²) in [6, 6.07) is 0. The molecule has 0 aromatic rings. The lowest BCUT2D eigenvalue weighted by Gasteiger charge is -2.39. The smallest absolute Gasteiger partial charge is 0.0405 e. The molecule has 16 heavy (non-hydrogen) atoms. The summed E-state index contributed by atoms with van der Waals surface area (Å²) in [6.45, 7) is 10.9. The van der Waals surface area contributed by atoms with E-state index in [1.165, 1.54) is 30.7 Å². The van der Waals surface area contributed by atoms with E-state index in [0.717, 1.165) is 6.42 Å². The third-order valence-electron chi connectivity index (χ3n) is 5.24. The molecule has 2 aliphatic carbocycles. The van der Waals surface area contributed by atoms with Crippen molar-refractivity contribution in [3.05, 3.63) is 23.5 Å². The molecule has 2 rings (SSSR count). The van der Waals surface area contributed by atoms with Crippen LogP contribution in [0.1, 0.15) is 40.0 Å². The molecular weight excluding hydrogens is 218 g/mol. The molecule has 3 heteroatoms. The normalized spacial score (nSPS) is 41.2. The van der Waals surface area contributed by atoms with Crippen molar-refractivity contribution in [2.45, 2.75) is 45.3 Å². The summed E-state index contributed by atoms with van der Waals surface area (Å²) in [5.74, 6) is 2.10. The Morgan fingerprint density at radius 1 is 1.56 bits per heavy atom. The predicted molar refractivity (Wildman–Crippen MR) is 69.8 cm³/mol. The standard InChI is InChI=1S/C13H20NOS/c1-5-6-10-11(16-14-15)9-7-8-13(10,4)12(9,2)3/h5,9,11H,1,6-8H2,2-4H3. The van der Waals surface area contributed by atoms with E-state index in [1.807, 2.05) is 6.08 Å². The lowest BCUT2D eigenvalue weighted by atomic mass is 9.66. The largest absolute Gasteiger partial charge is 0.137 e. The Labute approximate surface area is 102 Å². The van der Waals surface area contributed by atoms with Crippen molar-refractivity contribution in [3.8, 4) is 0 Å². The zero-order valence-corrected chi connectivity index (χ0v) is 11.1. The third kappa shape index (κ3) is 1.33. The average molecular weight is 238 g/mol. The molecule has 2 nitrogen and oxygen atoms in total. The molecular formula is C13H20NOS. The van der Waals surface area contributed by atoms with E-state index in [9.17, 15) is 4.91 Å². The summed E-state index contributed by atoms with van der Waals surface area (Å²) < 4.78 is 3.08. The van der Waals surface area contributed by atoms with Crippen molar-refractivity contribution in [1.29, 1.82) is 0 Å². The molecule has 0 heterocycles. The number of fused-ring (bicyclic) bond motifs is 2. The highest BCUT2D eigenvalue weighted by atomic mass is 32.2. The van der Waals surface area contributed by atoms with Crippen LogP contribution in [-0.4, -0.2) is 5.25 Å². The topological polar surface area (TPSA) is 29.4 Å². The molecule has 3 atom stereocenters. The van der Waals surface area contributed by atoms with E-state index in [4.69, 9.17) is 0 Å². The van der Waals surface area contributed by atoms with Gasteiger partial charge in [-0.2, -0.15) is 0 Å². The first-order valence-corrected chi connectivity index (χ1v) is 6.78. The van der Waals surface area contributed by atoms with Gasteiger partial charge in [-0.3, -0.25) is 0 Å². The van der Waals surface area contributed by atoms with Gasteiger partial charge in [0.2, 0.25) is 0 Å². The van der Waals surface area contributed by atoms with Gasteiger partial charge in [-0.1, -0.05) is 26.8 Å². The molecule has 0 aromatic carbocycles. The highest BCUT2D eigenvalue weighted by molar-refractivity contribution is 7.98. The number of hydrogen-bond acceptors (Lipinski definition) is 3. The van der Waals surface area contributed by atoms with Crippen LogP contribution in [0.2, 0.25) is 0 Å². The Kier molecular flexibility index (Phi) is 2.94. The highest BCUT2D eigenvalue weighted by Gasteiger charge is 2.66. The lowest BCUT2D eigenvalue weighted by Crippen LogP contribution is -2.32. The number of rotatable bonds is 4. The third-order valence-corrected chi connectivity index (χ3v) is 6.17. The van der Waals surface area contributed by atoms with Gasteiger partial charge >= 0.3 is 0 Å². The summed E-state index contributed by atoms with van der Waals surface area (Å²) in [7, 11) is 0. The fourth-order valence-corrected chi connectivity index (χ4v) is 5.08. The van der Waals surface area contributed by atoms with Gasteiger partial charge in [0, 0.05) is 27.7 Å². The number of nitrogens with zero attached hydrogens (tertiary/aromatic N) is 1. The van der Waals surface area contributed by atoms with Gasteiger partial charge in [-0.15, -0.1) is 11.5 Å². The molecule has 2 fully saturated rings. The zero-order valence-electron chi connectivity index (χ0n) is 10.3. The van der Waals surface area contributed by atoms with Crippen molar-refractivity contribution in [2.75, 3.05) is 0 Å². The van der Waals surface area contributed by atoms with E-state index in [-0.39, 0.29) is 5.41 Å². The molecule has 2 saturated carbocycles. The molecule has 0 aliphatic heterocycles. The van der Waals surface area contributed by atoms with Crippen molar-refractivity contribution in [1.82, 2.24) is 0 Å². The van der Waals surface area contributed by atoms with Crippen molar-refractivity contribution in [2.24, 2.45) is 21.3 Å². The Morgan fingerprint density at radius 2 is 2.25 bits per heavy atom. The fraction of sp³-hybridized carbons (Fsp3) is 0.769. The van der Waals surface area contributed by atoms with Crippen LogP contribution in [-0.2, 0) is 0 Å². The summed E-state index contributed by atoms with van der Waals surface area (Å²) in [6.07, 6.45) is 5.39. The van der Waals surface area contributed by atoms with Crippen LogP contribution in [0.5, 0.6) is 0 Å². The number of hydrogen-bond donors (Lipinski definition) is 0. The van der Waals surface area contributed by atoms with Crippen LogP contribution in [0.4, 0.5) is 0 Å². The molecule has 1 radical (unpaired) electrons. The molecule has 0 amide bonds. The average Bonchev–Trinajstić information content (AvgIpc) is 2.52. The maximum Gasteiger partial charge on any atom is 0.0405 e. The first kappa shape index (κ1) is 12.2. The van der Waals surface area contributed by atoms with Gasteiger partial charge in [0.15, 0.2) is 0 Å². The Morgan fingerprint density at radius 3 is 2.81 bits per heavy atom. The second kappa shape index (κ2) is 3.86. The van der Waals surface area contributed by atoms with Gasteiger partial charge in [0.1, 0.15) is 0 Å². The monoisotopic (exact) mass is 238 g/mol.